The van der Waals surface area contributed by atoms with Crippen LogP contribution >= 0.6 is 0 Å². The quantitative estimate of drug-likeness (QED) is 0.0228. The van der Waals surface area contributed by atoms with Crippen LogP contribution in [-0.2, 0) is 42.9 Å². The number of hydrogen-bond acceptors (Lipinski definition) is 11. The van der Waals surface area contributed by atoms with Gasteiger partial charge < -0.3 is 39.0 Å². The van der Waals surface area contributed by atoms with Gasteiger partial charge in [-0.05, 0) is 109 Å². The number of carboxylic acid groups (broad SMARTS) is 1. The molecule has 1 aliphatic rings. The molecule has 6 unspecified atom stereocenters. The highest BCUT2D eigenvalue weighted by Crippen LogP contribution is 2.27. The highest BCUT2D eigenvalue weighted by Gasteiger charge is 2.50. The van der Waals surface area contributed by atoms with Crippen LogP contribution in [0.3, 0.4) is 0 Å². The van der Waals surface area contributed by atoms with E-state index in [2.05, 4.69) is 81.5 Å². The summed E-state index contributed by atoms with van der Waals surface area (Å²) >= 11 is 0. The SMILES string of the molecule is CCCCC/C=C\C/C=C\CCCCCCCCCC(=O)OC(COC(=O)CCCCCCCCCCC/C=C\CCCCCCCC)COC1OC(C(=O)O)C(O)C(O)C1OC(=O)CCCCCCC/C=C\C/C=C\CCCCC. The second-order valence-corrected chi connectivity index (χ2v) is 22.7. The third-order valence-corrected chi connectivity index (χ3v) is 15.0. The van der Waals surface area contributed by atoms with Gasteiger partial charge in [0.2, 0.25) is 0 Å². The van der Waals surface area contributed by atoms with E-state index >= 15 is 0 Å². The van der Waals surface area contributed by atoms with Gasteiger partial charge in [-0.1, -0.05) is 236 Å². The summed E-state index contributed by atoms with van der Waals surface area (Å²) in [6.07, 6.45) is 58.9. The normalized spacial score (nSPS) is 18.1. The largest absolute Gasteiger partial charge is 0.479 e. The molecule has 1 fully saturated rings. The van der Waals surface area contributed by atoms with Gasteiger partial charge in [-0.2, -0.15) is 0 Å². The molecule has 12 heteroatoms. The molecule has 1 rings (SSSR count). The topological polar surface area (TPSA) is 175 Å². The summed E-state index contributed by atoms with van der Waals surface area (Å²) in [6.45, 7) is 5.96. The summed E-state index contributed by atoms with van der Waals surface area (Å²) in [5.41, 5.74) is 0. The molecule has 0 saturated carbocycles. The minimum atomic E-state index is -1.91. The Morgan fingerprint density at radius 1 is 0.407 bits per heavy atom. The molecule has 1 heterocycles. The monoisotopic (exact) mass is 1140 g/mol. The number of allylic oxidation sites excluding steroid dienone is 10. The molecule has 0 aromatic carbocycles. The Morgan fingerprint density at radius 3 is 1.15 bits per heavy atom. The van der Waals surface area contributed by atoms with E-state index in [1.54, 1.807) is 0 Å². The third-order valence-electron chi connectivity index (χ3n) is 15.0. The molecule has 6 atom stereocenters. The first kappa shape index (κ1) is 75.4. The lowest BCUT2D eigenvalue weighted by Gasteiger charge is -2.40. The summed E-state index contributed by atoms with van der Waals surface area (Å²) in [5.74, 6) is -3.13. The average molecular weight is 1140 g/mol. The second kappa shape index (κ2) is 56.9. The number of ether oxygens (including phenoxy) is 5. The Bertz CT molecular complexity index is 1640. The van der Waals surface area contributed by atoms with Crippen molar-refractivity contribution < 1.29 is 58.2 Å². The summed E-state index contributed by atoms with van der Waals surface area (Å²) in [6, 6.07) is 0. The molecule has 468 valence electrons. The smallest absolute Gasteiger partial charge is 0.335 e. The molecular weight excluding hydrogens is 1020 g/mol. The van der Waals surface area contributed by atoms with Crippen molar-refractivity contribution in [1.29, 1.82) is 0 Å². The zero-order chi connectivity index (χ0) is 58.9. The van der Waals surface area contributed by atoms with E-state index < -0.39 is 67.3 Å². The number of esters is 3. The van der Waals surface area contributed by atoms with Gasteiger partial charge >= 0.3 is 23.9 Å². The van der Waals surface area contributed by atoms with Gasteiger partial charge in [-0.15, -0.1) is 0 Å². The lowest BCUT2D eigenvalue weighted by atomic mass is 9.98. The highest BCUT2D eigenvalue weighted by molar-refractivity contribution is 5.74. The number of carbonyl (C=O) groups is 4. The second-order valence-electron chi connectivity index (χ2n) is 22.7. The lowest BCUT2D eigenvalue weighted by molar-refractivity contribution is -0.301. The Kier molecular flexibility index (Phi) is 53.0. The van der Waals surface area contributed by atoms with Crippen LogP contribution in [0.4, 0.5) is 0 Å². The van der Waals surface area contributed by atoms with Gasteiger partial charge in [-0.3, -0.25) is 14.4 Å². The molecule has 1 saturated heterocycles. The molecule has 3 N–H and O–H groups in total. The number of aliphatic carboxylic acids is 1. The predicted molar refractivity (Wildman–Crippen MR) is 331 cm³/mol. The van der Waals surface area contributed by atoms with E-state index in [1.165, 1.54) is 135 Å². The van der Waals surface area contributed by atoms with Crippen molar-refractivity contribution in [2.45, 2.75) is 340 Å². The first-order valence-electron chi connectivity index (χ1n) is 33.3. The van der Waals surface area contributed by atoms with Crippen molar-refractivity contribution in [2.75, 3.05) is 13.2 Å². The van der Waals surface area contributed by atoms with E-state index in [9.17, 15) is 34.5 Å². The molecule has 0 aliphatic carbocycles. The molecule has 0 spiro atoms. The van der Waals surface area contributed by atoms with Crippen LogP contribution < -0.4 is 0 Å². The Balaban J connectivity index is 2.66. The molecule has 0 amide bonds. The van der Waals surface area contributed by atoms with Crippen LogP contribution in [0.25, 0.3) is 0 Å². The van der Waals surface area contributed by atoms with Gasteiger partial charge in [-0.25, -0.2) is 4.79 Å². The van der Waals surface area contributed by atoms with Crippen LogP contribution in [0.5, 0.6) is 0 Å². The number of rotatable bonds is 57. The summed E-state index contributed by atoms with van der Waals surface area (Å²) in [5, 5.41) is 31.6. The summed E-state index contributed by atoms with van der Waals surface area (Å²) in [7, 11) is 0. The van der Waals surface area contributed by atoms with Crippen molar-refractivity contribution in [3.05, 3.63) is 60.8 Å². The van der Waals surface area contributed by atoms with Crippen molar-refractivity contribution in [3.8, 4) is 0 Å². The standard InChI is InChI=1S/C69H120O12/c1-4-7-10-13-16-19-22-25-28-30-31-33-35-37-40-43-46-49-52-55-61(70)77-58-60(79-62(71)56-53-50-47-44-41-39-36-32-29-26-23-20-17-14-11-8-5-2)59-78-69-67(65(74)64(73)66(81-69)68(75)76)80-63(72)57-54-51-48-45-42-38-34-27-24-21-18-15-12-9-6-3/h17-18,20-21,25-29,34,60,64-67,69,73-74H,4-16,19,22-24,30-33,35-59H2,1-3H3,(H,75,76)/b20-17-,21-18-,28-25-,29-26-,34-27-. The van der Waals surface area contributed by atoms with E-state index in [-0.39, 0.29) is 25.9 Å². The van der Waals surface area contributed by atoms with Crippen LogP contribution in [0, 0.1) is 0 Å². The maximum atomic E-state index is 13.2. The van der Waals surface area contributed by atoms with Crippen LogP contribution in [0.1, 0.15) is 303 Å². The average Bonchev–Trinajstić information content (AvgIpc) is 3.52. The first-order valence-corrected chi connectivity index (χ1v) is 33.3. The lowest BCUT2D eigenvalue weighted by Crippen LogP contribution is -2.61. The van der Waals surface area contributed by atoms with Crippen molar-refractivity contribution in [2.24, 2.45) is 0 Å². The zero-order valence-electron chi connectivity index (χ0n) is 51.8. The fraction of sp³-hybridized carbons (Fsp3) is 0.797. The molecular formula is C69H120O12. The Hall–Kier alpha value is -3.58. The highest BCUT2D eigenvalue weighted by atomic mass is 16.7. The molecule has 81 heavy (non-hydrogen) atoms. The van der Waals surface area contributed by atoms with E-state index in [1.807, 2.05) is 0 Å². The van der Waals surface area contributed by atoms with Crippen LogP contribution in [0.2, 0.25) is 0 Å². The van der Waals surface area contributed by atoms with Gasteiger partial charge in [0.1, 0.15) is 18.8 Å². The summed E-state index contributed by atoms with van der Waals surface area (Å²) in [4.78, 5) is 51.4. The number of aliphatic hydroxyl groups is 2. The van der Waals surface area contributed by atoms with E-state index in [4.69, 9.17) is 23.7 Å². The molecule has 0 radical (unpaired) electrons. The van der Waals surface area contributed by atoms with E-state index in [0.717, 1.165) is 109 Å². The summed E-state index contributed by atoms with van der Waals surface area (Å²) < 4.78 is 28.5. The van der Waals surface area contributed by atoms with Gasteiger partial charge in [0.05, 0.1) is 6.61 Å². The maximum Gasteiger partial charge on any atom is 0.335 e. The first-order chi connectivity index (χ1) is 39.6. The molecule has 12 nitrogen and oxygen atoms in total. The predicted octanol–water partition coefficient (Wildman–Crippen LogP) is 17.9. The minimum Gasteiger partial charge on any atom is -0.479 e. The number of hydrogen-bond donors (Lipinski definition) is 3. The fourth-order valence-corrected chi connectivity index (χ4v) is 9.89. The third kappa shape index (κ3) is 46.5. The fourth-order valence-electron chi connectivity index (χ4n) is 9.89. The number of aliphatic hydroxyl groups excluding tert-OH is 2. The Morgan fingerprint density at radius 2 is 0.741 bits per heavy atom. The van der Waals surface area contributed by atoms with Gasteiger partial charge in [0, 0.05) is 19.3 Å². The number of carbonyl (C=O) groups excluding carboxylic acids is 3. The number of unbranched alkanes of at least 4 members (excludes halogenated alkanes) is 33. The number of carboxylic acids is 1. The van der Waals surface area contributed by atoms with Gasteiger partial charge in [0.25, 0.3) is 0 Å². The molecule has 0 aromatic heterocycles. The van der Waals surface area contributed by atoms with Crippen molar-refractivity contribution in [1.82, 2.24) is 0 Å². The maximum absolute atomic E-state index is 13.2. The molecule has 0 aromatic rings. The Labute approximate surface area is 494 Å². The van der Waals surface area contributed by atoms with E-state index in [0.29, 0.717) is 19.3 Å². The van der Waals surface area contributed by atoms with Gasteiger partial charge in [0.15, 0.2) is 24.6 Å². The van der Waals surface area contributed by atoms with Crippen molar-refractivity contribution >= 4 is 23.9 Å². The minimum absolute atomic E-state index is 0.0436. The molecule has 0 bridgehead atoms. The van der Waals surface area contributed by atoms with Crippen LogP contribution in [-0.4, -0.2) is 89.2 Å². The van der Waals surface area contributed by atoms with Crippen LogP contribution in [0.15, 0.2) is 60.8 Å². The van der Waals surface area contributed by atoms with Crippen molar-refractivity contribution in [3.63, 3.8) is 0 Å². The zero-order valence-corrected chi connectivity index (χ0v) is 51.8. The molecule has 1 aliphatic heterocycles.